The van der Waals surface area contributed by atoms with Crippen LogP contribution in [0.4, 0.5) is 0 Å². The molecule has 1 aromatic heterocycles. The van der Waals surface area contributed by atoms with E-state index in [1.54, 1.807) is 6.07 Å². The van der Waals surface area contributed by atoms with E-state index in [-0.39, 0.29) is 5.91 Å². The lowest BCUT2D eigenvalue weighted by Crippen LogP contribution is -2.35. The monoisotopic (exact) mass is 271 g/mol. The Morgan fingerprint density at radius 1 is 1.73 bits per heavy atom. The topological polar surface area (TPSA) is 33.5 Å². The predicted molar refractivity (Wildman–Crippen MR) is 60.8 cm³/mol. The van der Waals surface area contributed by atoms with Crippen molar-refractivity contribution in [1.29, 1.82) is 0 Å². The fraction of sp³-hybridized carbons (Fsp3) is 0.545. The zero-order valence-corrected chi connectivity index (χ0v) is 10.3. The van der Waals surface area contributed by atoms with Crippen LogP contribution >= 0.6 is 15.9 Å². The number of furan rings is 1. The molecule has 1 atom stereocenters. The van der Waals surface area contributed by atoms with Crippen LogP contribution in [0, 0.1) is 0 Å². The third-order valence-corrected chi connectivity index (χ3v) is 3.57. The molecule has 1 aliphatic rings. The number of carbonyl (C=O) groups is 1. The molecule has 1 amide bonds. The average molecular weight is 272 g/mol. The van der Waals surface area contributed by atoms with Crippen molar-refractivity contribution in [3.05, 3.63) is 22.6 Å². The van der Waals surface area contributed by atoms with Gasteiger partial charge >= 0.3 is 0 Å². The van der Waals surface area contributed by atoms with Crippen molar-refractivity contribution in [2.45, 2.75) is 32.2 Å². The summed E-state index contributed by atoms with van der Waals surface area (Å²) in [5.41, 5.74) is 0.635. The molecule has 0 spiro atoms. The Bertz CT molecular complexity index is 361. The minimum absolute atomic E-state index is 0.0833. The smallest absolute Gasteiger partial charge is 0.258 e. The molecule has 1 unspecified atom stereocenters. The maximum atomic E-state index is 12.1. The maximum Gasteiger partial charge on any atom is 0.258 e. The van der Waals surface area contributed by atoms with Gasteiger partial charge in [-0.3, -0.25) is 4.79 Å². The molecule has 15 heavy (non-hydrogen) atoms. The summed E-state index contributed by atoms with van der Waals surface area (Å²) in [6.07, 6.45) is 4.80. The molecule has 3 nitrogen and oxygen atoms in total. The second-order valence-electron chi connectivity index (χ2n) is 3.81. The van der Waals surface area contributed by atoms with Gasteiger partial charge in [-0.15, -0.1) is 0 Å². The third-order valence-electron chi connectivity index (χ3n) is 2.96. The van der Waals surface area contributed by atoms with Crippen LogP contribution in [-0.4, -0.2) is 23.4 Å². The van der Waals surface area contributed by atoms with Crippen molar-refractivity contribution >= 4 is 21.8 Å². The summed E-state index contributed by atoms with van der Waals surface area (Å²) >= 11 is 3.24. The first-order valence-electron chi connectivity index (χ1n) is 5.28. The van der Waals surface area contributed by atoms with Crippen LogP contribution in [0.2, 0.25) is 0 Å². The third kappa shape index (κ3) is 1.95. The fourth-order valence-corrected chi connectivity index (χ4v) is 2.54. The SMILES string of the molecule is CCC1CCCN1C(=O)c1ccoc1Br. The molecule has 1 saturated heterocycles. The lowest BCUT2D eigenvalue weighted by molar-refractivity contribution is 0.0731. The van der Waals surface area contributed by atoms with E-state index in [4.69, 9.17) is 4.42 Å². The molecule has 1 aromatic rings. The number of nitrogens with zero attached hydrogens (tertiary/aromatic N) is 1. The van der Waals surface area contributed by atoms with E-state index in [9.17, 15) is 4.79 Å². The van der Waals surface area contributed by atoms with Gasteiger partial charge in [0.25, 0.3) is 5.91 Å². The molecular formula is C11H14BrNO2. The fourth-order valence-electron chi connectivity index (χ4n) is 2.13. The molecular weight excluding hydrogens is 258 g/mol. The Morgan fingerprint density at radius 3 is 3.13 bits per heavy atom. The number of amides is 1. The largest absolute Gasteiger partial charge is 0.457 e. The molecule has 0 radical (unpaired) electrons. The van der Waals surface area contributed by atoms with Gasteiger partial charge in [0.1, 0.15) is 0 Å². The van der Waals surface area contributed by atoms with Crippen LogP contribution in [0.3, 0.4) is 0 Å². The minimum Gasteiger partial charge on any atom is -0.457 e. The highest BCUT2D eigenvalue weighted by atomic mass is 79.9. The van der Waals surface area contributed by atoms with Gasteiger partial charge in [0.05, 0.1) is 11.8 Å². The van der Waals surface area contributed by atoms with Gasteiger partial charge in [0, 0.05) is 12.6 Å². The molecule has 0 aliphatic carbocycles. The molecule has 2 heterocycles. The summed E-state index contributed by atoms with van der Waals surface area (Å²) in [4.78, 5) is 14.1. The minimum atomic E-state index is 0.0833. The van der Waals surface area contributed by atoms with Crippen molar-refractivity contribution in [3.63, 3.8) is 0 Å². The average Bonchev–Trinajstić information content (AvgIpc) is 2.84. The molecule has 82 valence electrons. The Morgan fingerprint density at radius 2 is 2.53 bits per heavy atom. The number of hydrogen-bond donors (Lipinski definition) is 0. The summed E-state index contributed by atoms with van der Waals surface area (Å²) < 4.78 is 5.62. The first-order valence-corrected chi connectivity index (χ1v) is 6.07. The second-order valence-corrected chi connectivity index (χ2v) is 4.53. The Hall–Kier alpha value is -0.770. The summed E-state index contributed by atoms with van der Waals surface area (Å²) in [6.45, 7) is 3.00. The first kappa shape index (κ1) is 10.7. The van der Waals surface area contributed by atoms with E-state index in [1.807, 2.05) is 4.90 Å². The van der Waals surface area contributed by atoms with Crippen molar-refractivity contribution in [2.75, 3.05) is 6.54 Å². The van der Waals surface area contributed by atoms with Crippen LogP contribution in [-0.2, 0) is 0 Å². The first-order chi connectivity index (χ1) is 7.24. The second kappa shape index (κ2) is 4.39. The number of rotatable bonds is 2. The van der Waals surface area contributed by atoms with Crippen LogP contribution in [0.1, 0.15) is 36.5 Å². The van der Waals surface area contributed by atoms with Crippen molar-refractivity contribution in [1.82, 2.24) is 4.90 Å². The summed E-state index contributed by atoms with van der Waals surface area (Å²) in [7, 11) is 0. The Balaban J connectivity index is 2.18. The van der Waals surface area contributed by atoms with Gasteiger partial charge in [0.15, 0.2) is 4.67 Å². The van der Waals surface area contributed by atoms with Crippen molar-refractivity contribution < 1.29 is 9.21 Å². The highest BCUT2D eigenvalue weighted by Gasteiger charge is 2.29. The highest BCUT2D eigenvalue weighted by Crippen LogP contribution is 2.25. The predicted octanol–water partition coefficient (Wildman–Crippen LogP) is 3.06. The van der Waals surface area contributed by atoms with Crippen LogP contribution in [0.25, 0.3) is 0 Å². The number of likely N-dealkylation sites (tertiary alicyclic amines) is 1. The zero-order valence-electron chi connectivity index (χ0n) is 8.70. The van der Waals surface area contributed by atoms with Gasteiger partial charge in [0.2, 0.25) is 0 Å². The summed E-state index contributed by atoms with van der Waals surface area (Å²) in [6, 6.07) is 2.12. The lowest BCUT2D eigenvalue weighted by Gasteiger charge is -2.23. The molecule has 4 heteroatoms. The molecule has 0 N–H and O–H groups in total. The van der Waals surface area contributed by atoms with Crippen LogP contribution in [0.15, 0.2) is 21.4 Å². The van der Waals surface area contributed by atoms with Gasteiger partial charge in [-0.05, 0) is 41.3 Å². The molecule has 2 rings (SSSR count). The molecule has 0 saturated carbocycles. The molecule has 0 aromatic carbocycles. The summed E-state index contributed by atoms with van der Waals surface area (Å²) in [5, 5.41) is 0. The van der Waals surface area contributed by atoms with Gasteiger partial charge < -0.3 is 9.32 Å². The van der Waals surface area contributed by atoms with Gasteiger partial charge in [-0.25, -0.2) is 0 Å². The molecule has 0 bridgehead atoms. The number of halogens is 1. The van der Waals surface area contributed by atoms with E-state index in [0.29, 0.717) is 16.3 Å². The quantitative estimate of drug-likeness (QED) is 0.829. The Labute approximate surface area is 97.6 Å². The van der Waals surface area contributed by atoms with Crippen molar-refractivity contribution in [3.8, 4) is 0 Å². The normalized spacial score (nSPS) is 20.9. The van der Waals surface area contributed by atoms with Crippen molar-refractivity contribution in [2.24, 2.45) is 0 Å². The molecule has 1 fully saturated rings. The van der Waals surface area contributed by atoms with Gasteiger partial charge in [-0.2, -0.15) is 0 Å². The number of carbonyl (C=O) groups excluding carboxylic acids is 1. The standard InChI is InChI=1S/C11H14BrNO2/c1-2-8-4-3-6-13(8)11(14)9-5-7-15-10(9)12/h5,7-8H,2-4,6H2,1H3. The van der Waals surface area contributed by atoms with E-state index in [1.165, 1.54) is 6.26 Å². The van der Waals surface area contributed by atoms with Crippen LogP contribution in [0.5, 0.6) is 0 Å². The van der Waals surface area contributed by atoms with E-state index >= 15 is 0 Å². The van der Waals surface area contributed by atoms with E-state index < -0.39 is 0 Å². The lowest BCUT2D eigenvalue weighted by atomic mass is 10.1. The van der Waals surface area contributed by atoms with Crippen LogP contribution < -0.4 is 0 Å². The zero-order chi connectivity index (χ0) is 10.8. The highest BCUT2D eigenvalue weighted by molar-refractivity contribution is 9.10. The van der Waals surface area contributed by atoms with Gasteiger partial charge in [-0.1, -0.05) is 6.92 Å². The summed E-state index contributed by atoms with van der Waals surface area (Å²) in [5.74, 6) is 0.0833. The van der Waals surface area contributed by atoms with E-state index in [2.05, 4.69) is 22.9 Å². The van der Waals surface area contributed by atoms with E-state index in [0.717, 1.165) is 25.8 Å². The maximum absolute atomic E-state index is 12.1. The molecule has 1 aliphatic heterocycles. The number of hydrogen-bond acceptors (Lipinski definition) is 2. The Kier molecular flexibility index (Phi) is 3.14.